The van der Waals surface area contributed by atoms with E-state index in [1.54, 1.807) is 14.1 Å². The van der Waals surface area contributed by atoms with Crippen molar-refractivity contribution in [2.45, 2.75) is 6.04 Å². The molecule has 6 heteroatoms. The molecule has 1 saturated heterocycles. The molecule has 0 radical (unpaired) electrons. The van der Waals surface area contributed by atoms with Crippen LogP contribution < -0.4 is 5.32 Å². The molecule has 1 rings (SSSR count). The van der Waals surface area contributed by atoms with Crippen LogP contribution >= 0.6 is 0 Å². The third-order valence-electron chi connectivity index (χ3n) is 2.18. The molecule has 1 atom stereocenters. The van der Waals surface area contributed by atoms with E-state index in [9.17, 15) is 9.59 Å². The summed E-state index contributed by atoms with van der Waals surface area (Å²) in [7, 11) is 3.31. The number of carbonyl (C=O) groups excluding carboxylic acids is 1. The summed E-state index contributed by atoms with van der Waals surface area (Å²) in [5, 5.41) is 11.7. The van der Waals surface area contributed by atoms with Crippen LogP contribution in [-0.2, 0) is 4.79 Å². The Bertz CT molecular complexity index is 242. The number of nitrogens with one attached hydrogen (secondary N) is 1. The van der Waals surface area contributed by atoms with Gasteiger partial charge in [0.15, 0.2) is 0 Å². The number of piperazine rings is 1. The van der Waals surface area contributed by atoms with Gasteiger partial charge < -0.3 is 20.2 Å². The average Bonchev–Trinajstić information content (AvgIpc) is 2.16. The molecule has 1 aliphatic heterocycles. The molecule has 0 aromatic heterocycles. The molecule has 1 unspecified atom stereocenters. The molecule has 2 amide bonds. The Hall–Kier alpha value is -1.30. The van der Waals surface area contributed by atoms with Crippen LogP contribution in [-0.4, -0.2) is 66.7 Å². The summed E-state index contributed by atoms with van der Waals surface area (Å²) in [5.74, 6) is -0.0871. The van der Waals surface area contributed by atoms with Crippen LogP contribution in [0.3, 0.4) is 0 Å². The smallest absolute Gasteiger partial charge is 0.407 e. The highest BCUT2D eigenvalue weighted by atomic mass is 16.4. The van der Waals surface area contributed by atoms with Crippen LogP contribution in [0.15, 0.2) is 0 Å². The first-order valence-corrected chi connectivity index (χ1v) is 4.45. The summed E-state index contributed by atoms with van der Waals surface area (Å²) >= 11 is 0. The molecular weight excluding hydrogens is 186 g/mol. The third kappa shape index (κ3) is 2.35. The minimum absolute atomic E-state index is 0.0871. The van der Waals surface area contributed by atoms with Crippen LogP contribution in [0.1, 0.15) is 0 Å². The Morgan fingerprint density at radius 1 is 1.50 bits per heavy atom. The number of carbonyl (C=O) groups is 2. The van der Waals surface area contributed by atoms with Crippen molar-refractivity contribution in [2.75, 3.05) is 33.7 Å². The molecular formula is C8H15N3O3. The molecule has 0 aromatic carbocycles. The number of hydrogen-bond donors (Lipinski definition) is 2. The monoisotopic (exact) mass is 201 g/mol. The van der Waals surface area contributed by atoms with Crippen molar-refractivity contribution in [2.24, 2.45) is 0 Å². The van der Waals surface area contributed by atoms with Gasteiger partial charge >= 0.3 is 6.09 Å². The molecule has 80 valence electrons. The van der Waals surface area contributed by atoms with E-state index in [2.05, 4.69) is 5.32 Å². The number of amides is 2. The van der Waals surface area contributed by atoms with E-state index < -0.39 is 12.1 Å². The van der Waals surface area contributed by atoms with Gasteiger partial charge in [0.1, 0.15) is 6.04 Å². The molecule has 1 aliphatic rings. The van der Waals surface area contributed by atoms with Crippen molar-refractivity contribution in [3.8, 4) is 0 Å². The summed E-state index contributed by atoms with van der Waals surface area (Å²) in [6.45, 7) is 1.19. The lowest BCUT2D eigenvalue weighted by atomic mass is 10.2. The summed E-state index contributed by atoms with van der Waals surface area (Å²) in [6, 6.07) is -0.408. The maximum Gasteiger partial charge on any atom is 0.407 e. The van der Waals surface area contributed by atoms with Gasteiger partial charge in [0.25, 0.3) is 0 Å². The minimum atomic E-state index is -0.969. The van der Waals surface area contributed by atoms with Crippen molar-refractivity contribution >= 4 is 12.0 Å². The lowest BCUT2D eigenvalue weighted by molar-refractivity contribution is -0.131. The summed E-state index contributed by atoms with van der Waals surface area (Å²) < 4.78 is 0. The molecule has 6 nitrogen and oxygen atoms in total. The normalized spacial score (nSPS) is 21.9. The largest absolute Gasteiger partial charge is 0.465 e. The van der Waals surface area contributed by atoms with Crippen molar-refractivity contribution in [1.29, 1.82) is 0 Å². The van der Waals surface area contributed by atoms with E-state index in [0.717, 1.165) is 0 Å². The molecule has 0 aliphatic carbocycles. The fourth-order valence-corrected chi connectivity index (χ4v) is 1.40. The van der Waals surface area contributed by atoms with Crippen molar-refractivity contribution in [3.63, 3.8) is 0 Å². The summed E-state index contributed by atoms with van der Waals surface area (Å²) in [5.41, 5.74) is 0. The highest BCUT2D eigenvalue weighted by molar-refractivity contribution is 5.82. The molecule has 1 fully saturated rings. The van der Waals surface area contributed by atoms with Crippen LogP contribution in [0.5, 0.6) is 0 Å². The van der Waals surface area contributed by atoms with E-state index in [4.69, 9.17) is 5.11 Å². The Labute approximate surface area is 82.5 Å². The second-order valence-electron chi connectivity index (χ2n) is 3.47. The van der Waals surface area contributed by atoms with Gasteiger partial charge in [-0.25, -0.2) is 4.79 Å². The second-order valence-corrected chi connectivity index (χ2v) is 3.47. The zero-order valence-electron chi connectivity index (χ0n) is 8.36. The molecule has 0 bridgehead atoms. The van der Waals surface area contributed by atoms with Gasteiger partial charge in [-0.2, -0.15) is 0 Å². The van der Waals surface area contributed by atoms with E-state index >= 15 is 0 Å². The summed E-state index contributed by atoms with van der Waals surface area (Å²) in [4.78, 5) is 24.9. The SMILES string of the molecule is CN(C)C(=O)C1CN(C(=O)O)CCN1. The topological polar surface area (TPSA) is 72.9 Å². The van der Waals surface area contributed by atoms with E-state index in [-0.39, 0.29) is 12.5 Å². The number of hydrogen-bond acceptors (Lipinski definition) is 3. The van der Waals surface area contributed by atoms with Crippen LogP contribution in [0, 0.1) is 0 Å². The standard InChI is InChI=1S/C8H15N3O3/c1-10(2)7(12)6-5-11(8(13)14)4-3-9-6/h6,9H,3-5H2,1-2H3,(H,13,14). The second kappa shape index (κ2) is 4.28. The molecule has 1 heterocycles. The molecule has 0 spiro atoms. The summed E-state index contributed by atoms with van der Waals surface area (Å²) in [6.07, 6.45) is -0.969. The first-order valence-electron chi connectivity index (χ1n) is 4.45. The van der Waals surface area contributed by atoms with Gasteiger partial charge in [-0.15, -0.1) is 0 Å². The lowest BCUT2D eigenvalue weighted by Crippen LogP contribution is -2.57. The fourth-order valence-electron chi connectivity index (χ4n) is 1.40. The van der Waals surface area contributed by atoms with Gasteiger partial charge in [0, 0.05) is 33.7 Å². The van der Waals surface area contributed by atoms with E-state index in [0.29, 0.717) is 13.1 Å². The van der Waals surface area contributed by atoms with Crippen molar-refractivity contribution in [1.82, 2.24) is 15.1 Å². The third-order valence-corrected chi connectivity index (χ3v) is 2.18. The molecule has 2 N–H and O–H groups in total. The number of carboxylic acid groups (broad SMARTS) is 1. The average molecular weight is 201 g/mol. The Balaban J connectivity index is 2.56. The highest BCUT2D eigenvalue weighted by Gasteiger charge is 2.28. The van der Waals surface area contributed by atoms with E-state index in [1.807, 2.05) is 0 Å². The molecule has 0 saturated carbocycles. The van der Waals surface area contributed by atoms with Gasteiger partial charge in [-0.1, -0.05) is 0 Å². The number of nitrogens with zero attached hydrogens (tertiary/aromatic N) is 2. The van der Waals surface area contributed by atoms with Crippen LogP contribution in [0.2, 0.25) is 0 Å². The van der Waals surface area contributed by atoms with Gasteiger partial charge in [0.05, 0.1) is 0 Å². The first kappa shape index (κ1) is 10.8. The maximum atomic E-state index is 11.5. The van der Waals surface area contributed by atoms with E-state index in [1.165, 1.54) is 9.80 Å². The molecule has 0 aromatic rings. The van der Waals surface area contributed by atoms with Crippen molar-refractivity contribution < 1.29 is 14.7 Å². The Morgan fingerprint density at radius 2 is 2.14 bits per heavy atom. The zero-order valence-corrected chi connectivity index (χ0v) is 8.36. The zero-order chi connectivity index (χ0) is 10.7. The predicted octanol–water partition coefficient (Wildman–Crippen LogP) is -0.974. The van der Waals surface area contributed by atoms with Gasteiger partial charge in [-0.05, 0) is 0 Å². The number of rotatable bonds is 1. The fraction of sp³-hybridized carbons (Fsp3) is 0.750. The maximum absolute atomic E-state index is 11.5. The minimum Gasteiger partial charge on any atom is -0.465 e. The Kier molecular flexibility index (Phi) is 3.29. The lowest BCUT2D eigenvalue weighted by Gasteiger charge is -2.32. The number of likely N-dealkylation sites (N-methyl/N-ethyl adjacent to an activating group) is 1. The predicted molar refractivity (Wildman–Crippen MR) is 50.1 cm³/mol. The van der Waals surface area contributed by atoms with Gasteiger partial charge in [-0.3, -0.25) is 4.79 Å². The van der Waals surface area contributed by atoms with Crippen LogP contribution in [0.4, 0.5) is 4.79 Å². The molecule has 14 heavy (non-hydrogen) atoms. The van der Waals surface area contributed by atoms with Crippen molar-refractivity contribution in [3.05, 3.63) is 0 Å². The van der Waals surface area contributed by atoms with Crippen LogP contribution in [0.25, 0.3) is 0 Å². The van der Waals surface area contributed by atoms with Gasteiger partial charge in [0.2, 0.25) is 5.91 Å². The highest BCUT2D eigenvalue weighted by Crippen LogP contribution is 2.01. The quantitative estimate of drug-likeness (QED) is 0.572. The first-order chi connectivity index (χ1) is 6.52. The Morgan fingerprint density at radius 3 is 2.64 bits per heavy atom.